The van der Waals surface area contributed by atoms with E-state index >= 15 is 0 Å². The molecule has 0 saturated carbocycles. The summed E-state index contributed by atoms with van der Waals surface area (Å²) in [4.78, 5) is 31.3. The van der Waals surface area contributed by atoms with Gasteiger partial charge in [0.05, 0.1) is 5.92 Å². The normalized spacial score (nSPS) is 18.4. The largest absolute Gasteiger partial charge is 0.383 e. The number of hydrogen-bond donors (Lipinski definition) is 2. The Morgan fingerprint density at radius 3 is 2.54 bits per heavy atom. The topological polar surface area (TPSA) is 82.5 Å². The predicted molar refractivity (Wildman–Crippen MR) is 103 cm³/mol. The number of anilines is 2. The summed E-state index contributed by atoms with van der Waals surface area (Å²) in [5.41, 5.74) is 1.60. The van der Waals surface area contributed by atoms with Gasteiger partial charge in [0.15, 0.2) is 5.13 Å². The van der Waals surface area contributed by atoms with Crippen molar-refractivity contribution >= 4 is 34.0 Å². The van der Waals surface area contributed by atoms with Crippen molar-refractivity contribution in [2.75, 3.05) is 16.8 Å². The van der Waals surface area contributed by atoms with Crippen LogP contribution in [0, 0.1) is 0 Å². The van der Waals surface area contributed by atoms with Crippen molar-refractivity contribution < 1.29 is 14.7 Å². The van der Waals surface area contributed by atoms with E-state index in [1.807, 2.05) is 31.2 Å². The van der Waals surface area contributed by atoms with Crippen molar-refractivity contribution in [3.63, 3.8) is 0 Å². The van der Waals surface area contributed by atoms with Crippen LogP contribution in [0.4, 0.5) is 10.8 Å². The maximum absolute atomic E-state index is 12.5. The van der Waals surface area contributed by atoms with Gasteiger partial charge in [-0.15, -0.1) is 11.3 Å². The van der Waals surface area contributed by atoms with Crippen molar-refractivity contribution in [3.05, 3.63) is 40.9 Å². The number of benzene rings is 1. The minimum Gasteiger partial charge on any atom is -0.383 e. The van der Waals surface area contributed by atoms with Gasteiger partial charge in [0.1, 0.15) is 6.10 Å². The first kappa shape index (κ1) is 18.5. The van der Waals surface area contributed by atoms with Gasteiger partial charge in [-0.2, -0.15) is 0 Å². The molecule has 2 atom stereocenters. The number of aliphatic hydroxyl groups excluding tert-OH is 1. The van der Waals surface area contributed by atoms with Crippen molar-refractivity contribution in [1.29, 1.82) is 0 Å². The predicted octanol–water partition coefficient (Wildman–Crippen LogP) is 3.11. The number of thiazole rings is 1. The second kappa shape index (κ2) is 7.55. The molecule has 2 N–H and O–H groups in total. The van der Waals surface area contributed by atoms with Gasteiger partial charge < -0.3 is 15.3 Å². The Kier molecular flexibility index (Phi) is 5.38. The minimum absolute atomic E-state index is 0.116. The number of carbonyl (C=O) groups excluding carboxylic acids is 2. The van der Waals surface area contributed by atoms with Gasteiger partial charge >= 0.3 is 0 Å². The molecule has 0 aliphatic carbocycles. The zero-order chi connectivity index (χ0) is 18.8. The van der Waals surface area contributed by atoms with Gasteiger partial charge in [-0.1, -0.05) is 26.0 Å². The number of amides is 2. The lowest BCUT2D eigenvalue weighted by Crippen LogP contribution is -2.29. The Morgan fingerprint density at radius 2 is 2.00 bits per heavy atom. The molecule has 1 aromatic heterocycles. The molecule has 1 saturated heterocycles. The molecule has 1 aliphatic heterocycles. The van der Waals surface area contributed by atoms with E-state index in [4.69, 9.17) is 0 Å². The fourth-order valence-corrected chi connectivity index (χ4v) is 3.66. The van der Waals surface area contributed by atoms with Gasteiger partial charge in [-0.05, 0) is 30.5 Å². The smallest absolute Gasteiger partial charge is 0.255 e. The molecule has 2 amide bonds. The number of rotatable bonds is 5. The van der Waals surface area contributed by atoms with Crippen LogP contribution in [0.25, 0.3) is 0 Å². The monoisotopic (exact) mass is 373 g/mol. The van der Waals surface area contributed by atoms with Crippen LogP contribution >= 0.6 is 11.3 Å². The molecule has 1 fully saturated rings. The van der Waals surface area contributed by atoms with E-state index in [9.17, 15) is 14.7 Å². The number of nitrogens with zero attached hydrogens (tertiary/aromatic N) is 2. The summed E-state index contributed by atoms with van der Waals surface area (Å²) in [5, 5.41) is 13.1. The van der Waals surface area contributed by atoms with Crippen LogP contribution in [0.3, 0.4) is 0 Å². The molecule has 2 aromatic rings. The second-order valence-electron chi connectivity index (χ2n) is 6.82. The summed E-state index contributed by atoms with van der Waals surface area (Å²) in [6.07, 6.45) is 1.34. The van der Waals surface area contributed by atoms with Crippen LogP contribution in [0.5, 0.6) is 0 Å². The first-order valence-corrected chi connectivity index (χ1v) is 9.54. The quantitative estimate of drug-likeness (QED) is 0.844. The van der Waals surface area contributed by atoms with Gasteiger partial charge in [-0.25, -0.2) is 4.98 Å². The third-order valence-corrected chi connectivity index (χ3v) is 5.81. The maximum atomic E-state index is 12.5. The van der Waals surface area contributed by atoms with Crippen LogP contribution in [0.15, 0.2) is 30.5 Å². The summed E-state index contributed by atoms with van der Waals surface area (Å²) in [7, 11) is 0. The van der Waals surface area contributed by atoms with Crippen LogP contribution in [-0.4, -0.2) is 34.6 Å². The van der Waals surface area contributed by atoms with Gasteiger partial charge in [0, 0.05) is 29.7 Å². The highest BCUT2D eigenvalue weighted by Gasteiger charge is 2.30. The fourth-order valence-electron chi connectivity index (χ4n) is 2.84. The molecule has 1 aliphatic rings. The fraction of sp³-hybridized carbons (Fsp3) is 0.421. The number of carbonyl (C=O) groups is 2. The summed E-state index contributed by atoms with van der Waals surface area (Å²) in [6, 6.07) is 7.32. The number of aromatic nitrogens is 1. The lowest BCUT2D eigenvalue weighted by atomic mass is 10.00. The summed E-state index contributed by atoms with van der Waals surface area (Å²) in [5.74, 6) is -0.339. The molecule has 6 nitrogen and oxygen atoms in total. The first-order chi connectivity index (χ1) is 12.4. The minimum atomic E-state index is -0.909. The molecule has 3 rings (SSSR count). The highest BCUT2D eigenvalue weighted by molar-refractivity contribution is 7.15. The van der Waals surface area contributed by atoms with Gasteiger partial charge in [-0.3, -0.25) is 9.59 Å². The molecular formula is C19H23N3O3S. The molecule has 1 aromatic carbocycles. The standard InChI is InChI=1S/C19H23N3O3S/c1-11(2)16-10-20-19(26-16)21-17(24)12(3)13-4-6-14(7-5-13)22-9-8-15(23)18(22)25/h4-7,10-12,15,23H,8-9H2,1-3H3,(H,20,21,24)/t12-,15-/m0/s1. The van der Waals surface area contributed by atoms with E-state index in [0.717, 1.165) is 16.1 Å². The van der Waals surface area contributed by atoms with Gasteiger partial charge in [0.25, 0.3) is 5.91 Å². The zero-order valence-corrected chi connectivity index (χ0v) is 15.9. The second-order valence-corrected chi connectivity index (χ2v) is 7.88. The highest BCUT2D eigenvalue weighted by Crippen LogP contribution is 2.28. The molecule has 7 heteroatoms. The molecule has 0 spiro atoms. The van der Waals surface area contributed by atoms with Crippen LogP contribution in [-0.2, 0) is 9.59 Å². The van der Waals surface area contributed by atoms with Gasteiger partial charge in [0.2, 0.25) is 5.91 Å². The SMILES string of the molecule is CC(C)c1cnc(NC(=O)[C@@H](C)c2ccc(N3CC[C@H](O)C3=O)cc2)s1. The highest BCUT2D eigenvalue weighted by atomic mass is 32.1. The average molecular weight is 373 g/mol. The zero-order valence-electron chi connectivity index (χ0n) is 15.1. The third kappa shape index (κ3) is 3.78. The van der Waals surface area contributed by atoms with E-state index in [-0.39, 0.29) is 17.7 Å². The lowest BCUT2D eigenvalue weighted by Gasteiger charge is -2.17. The Morgan fingerprint density at radius 1 is 1.31 bits per heavy atom. The Bertz CT molecular complexity index is 801. The van der Waals surface area contributed by atoms with E-state index in [1.165, 1.54) is 11.3 Å². The number of aliphatic hydroxyl groups is 1. The third-order valence-electron chi connectivity index (χ3n) is 4.60. The Hall–Kier alpha value is -2.25. The summed E-state index contributed by atoms with van der Waals surface area (Å²) < 4.78 is 0. The van der Waals surface area contributed by atoms with Crippen molar-refractivity contribution in [2.45, 2.75) is 45.1 Å². The first-order valence-electron chi connectivity index (χ1n) is 8.72. The molecule has 26 heavy (non-hydrogen) atoms. The summed E-state index contributed by atoms with van der Waals surface area (Å²) >= 11 is 1.49. The van der Waals surface area contributed by atoms with E-state index in [1.54, 1.807) is 11.1 Å². The molecule has 0 radical (unpaired) electrons. The maximum Gasteiger partial charge on any atom is 0.255 e. The molecule has 138 valence electrons. The number of nitrogens with one attached hydrogen (secondary N) is 1. The van der Waals surface area contributed by atoms with Crippen molar-refractivity contribution in [2.24, 2.45) is 0 Å². The number of hydrogen-bond acceptors (Lipinski definition) is 5. The average Bonchev–Trinajstić information content (AvgIpc) is 3.22. The molecule has 2 heterocycles. The molecular weight excluding hydrogens is 350 g/mol. The molecule has 0 bridgehead atoms. The Labute approximate surface area is 156 Å². The van der Waals surface area contributed by atoms with Crippen LogP contribution < -0.4 is 10.2 Å². The van der Waals surface area contributed by atoms with Crippen molar-refractivity contribution in [3.8, 4) is 0 Å². The van der Waals surface area contributed by atoms with E-state index in [0.29, 0.717) is 24.0 Å². The Balaban J connectivity index is 1.66. The van der Waals surface area contributed by atoms with E-state index in [2.05, 4.69) is 24.1 Å². The van der Waals surface area contributed by atoms with E-state index < -0.39 is 6.10 Å². The lowest BCUT2D eigenvalue weighted by molar-refractivity contribution is -0.124. The van der Waals surface area contributed by atoms with Crippen LogP contribution in [0.2, 0.25) is 0 Å². The van der Waals surface area contributed by atoms with Crippen molar-refractivity contribution in [1.82, 2.24) is 4.98 Å². The molecule has 0 unspecified atom stereocenters. The summed E-state index contributed by atoms with van der Waals surface area (Å²) in [6.45, 7) is 6.53. The van der Waals surface area contributed by atoms with Crippen LogP contribution in [0.1, 0.15) is 49.5 Å².